The Kier molecular flexibility index (Phi) is 2.98. The predicted molar refractivity (Wildman–Crippen MR) is 87.0 cm³/mol. The van der Waals surface area contributed by atoms with Crippen molar-refractivity contribution in [1.82, 2.24) is 0 Å². The molecule has 0 N–H and O–H groups in total. The summed E-state index contributed by atoms with van der Waals surface area (Å²) in [4.78, 5) is 27.4. The second kappa shape index (κ2) is 4.82. The quantitative estimate of drug-likeness (QED) is 0.623. The number of fused-ring (bicyclic) bond motifs is 5. The first kappa shape index (κ1) is 14.2. The molecule has 118 valence electrons. The zero-order valence-corrected chi connectivity index (χ0v) is 13.4. The maximum absolute atomic E-state index is 13.0. The fraction of sp³-hybridized carbons (Fsp3) is 0.368. The summed E-state index contributed by atoms with van der Waals surface area (Å²) in [6.07, 6.45) is 4.20. The number of nitrogens with zero attached hydrogens (tertiary/aromatic N) is 1. The van der Waals surface area contributed by atoms with Gasteiger partial charge in [0.1, 0.15) is 5.75 Å². The van der Waals surface area contributed by atoms with E-state index < -0.39 is 0 Å². The fourth-order valence-corrected chi connectivity index (χ4v) is 4.48. The molecule has 2 amide bonds. The van der Waals surface area contributed by atoms with Crippen LogP contribution in [-0.2, 0) is 9.59 Å². The average Bonchev–Trinajstić information content (AvgIpc) is 3.18. The predicted octanol–water partition coefficient (Wildman–Crippen LogP) is 2.95. The molecule has 1 aromatic carbocycles. The van der Waals surface area contributed by atoms with Gasteiger partial charge in [0.05, 0.1) is 24.6 Å². The van der Waals surface area contributed by atoms with Gasteiger partial charge in [-0.05, 0) is 26.0 Å². The molecule has 2 fully saturated rings. The van der Waals surface area contributed by atoms with E-state index in [0.29, 0.717) is 11.4 Å². The molecule has 0 spiro atoms. The van der Waals surface area contributed by atoms with Crippen molar-refractivity contribution in [3.05, 3.63) is 47.6 Å². The molecule has 1 aliphatic heterocycles. The van der Waals surface area contributed by atoms with Crippen molar-refractivity contribution in [3.8, 4) is 5.75 Å². The lowest BCUT2D eigenvalue weighted by molar-refractivity contribution is -0.123. The Hall–Kier alpha value is -2.36. The van der Waals surface area contributed by atoms with Gasteiger partial charge in [-0.15, -0.1) is 0 Å². The van der Waals surface area contributed by atoms with Crippen molar-refractivity contribution >= 4 is 17.5 Å². The Morgan fingerprint density at radius 1 is 1.00 bits per heavy atom. The molecule has 1 heterocycles. The van der Waals surface area contributed by atoms with Crippen LogP contribution >= 0.6 is 0 Å². The van der Waals surface area contributed by atoms with Crippen molar-refractivity contribution < 1.29 is 14.3 Å². The second-order valence-electron chi connectivity index (χ2n) is 6.63. The van der Waals surface area contributed by atoms with E-state index in [4.69, 9.17) is 4.74 Å². The monoisotopic (exact) mass is 309 g/mol. The lowest BCUT2D eigenvalue weighted by Crippen LogP contribution is -2.33. The molecule has 1 aromatic rings. The highest BCUT2D eigenvalue weighted by Crippen LogP contribution is 2.57. The Morgan fingerprint density at radius 3 is 2.09 bits per heavy atom. The van der Waals surface area contributed by atoms with E-state index in [0.717, 1.165) is 0 Å². The van der Waals surface area contributed by atoms with E-state index in [1.54, 1.807) is 19.2 Å². The SMILES string of the molecule is COc1ccccc1N1C(=O)C2C3C=CC(C3=C(C)C)C2C1=O. The molecule has 1 saturated carbocycles. The number of para-hydroxylation sites is 2. The third kappa shape index (κ3) is 1.72. The number of rotatable bonds is 2. The lowest BCUT2D eigenvalue weighted by atomic mass is 9.85. The van der Waals surface area contributed by atoms with Crippen molar-refractivity contribution in [2.24, 2.45) is 23.7 Å². The Labute approximate surface area is 135 Å². The standard InChI is InChI=1S/C19H19NO3/c1-10(2)15-11-8-9-12(15)17-16(11)18(21)20(19(17)22)13-6-4-5-7-14(13)23-3/h4-9,11-12,16-17H,1-3H3. The van der Waals surface area contributed by atoms with E-state index in [1.807, 2.05) is 12.1 Å². The minimum atomic E-state index is -0.257. The van der Waals surface area contributed by atoms with Gasteiger partial charge in [-0.25, -0.2) is 4.90 Å². The first-order chi connectivity index (χ1) is 11.1. The summed E-state index contributed by atoms with van der Waals surface area (Å²) >= 11 is 0. The number of imide groups is 1. The van der Waals surface area contributed by atoms with Crippen LogP contribution in [0, 0.1) is 23.7 Å². The number of benzene rings is 1. The summed E-state index contributed by atoms with van der Waals surface area (Å²) < 4.78 is 5.33. The van der Waals surface area contributed by atoms with Crippen LogP contribution in [0.5, 0.6) is 5.75 Å². The highest BCUT2D eigenvalue weighted by atomic mass is 16.5. The number of hydrogen-bond acceptors (Lipinski definition) is 3. The number of carbonyl (C=O) groups is 2. The molecule has 3 aliphatic rings. The highest BCUT2D eigenvalue weighted by Gasteiger charge is 2.62. The topological polar surface area (TPSA) is 46.6 Å². The number of methoxy groups -OCH3 is 1. The smallest absolute Gasteiger partial charge is 0.238 e. The molecule has 23 heavy (non-hydrogen) atoms. The Balaban J connectivity index is 1.79. The van der Waals surface area contributed by atoms with Gasteiger partial charge in [0, 0.05) is 11.8 Å². The van der Waals surface area contributed by atoms with Gasteiger partial charge in [0.15, 0.2) is 0 Å². The van der Waals surface area contributed by atoms with Crippen LogP contribution in [-0.4, -0.2) is 18.9 Å². The summed E-state index contributed by atoms with van der Waals surface area (Å²) in [5.74, 6) is -0.00550. The van der Waals surface area contributed by atoms with Gasteiger partial charge in [0.2, 0.25) is 11.8 Å². The largest absolute Gasteiger partial charge is 0.495 e. The van der Waals surface area contributed by atoms with Crippen molar-refractivity contribution in [1.29, 1.82) is 0 Å². The Bertz CT molecular complexity index is 739. The zero-order valence-electron chi connectivity index (χ0n) is 13.4. The van der Waals surface area contributed by atoms with Crippen LogP contribution in [0.2, 0.25) is 0 Å². The molecule has 1 saturated heterocycles. The van der Waals surface area contributed by atoms with Gasteiger partial charge in [-0.2, -0.15) is 0 Å². The van der Waals surface area contributed by atoms with E-state index >= 15 is 0 Å². The number of anilines is 1. The summed E-state index contributed by atoms with van der Waals surface area (Å²) in [5, 5.41) is 0. The fourth-order valence-electron chi connectivity index (χ4n) is 4.48. The van der Waals surface area contributed by atoms with Gasteiger partial charge >= 0.3 is 0 Å². The third-order valence-electron chi connectivity index (χ3n) is 5.32. The Morgan fingerprint density at radius 2 is 1.57 bits per heavy atom. The number of carbonyl (C=O) groups excluding carboxylic acids is 2. The zero-order chi connectivity index (χ0) is 16.3. The number of allylic oxidation sites excluding steroid dienone is 4. The third-order valence-corrected chi connectivity index (χ3v) is 5.32. The lowest BCUT2D eigenvalue weighted by Gasteiger charge is -2.21. The highest BCUT2D eigenvalue weighted by molar-refractivity contribution is 6.23. The molecule has 2 bridgehead atoms. The minimum Gasteiger partial charge on any atom is -0.495 e. The molecule has 4 atom stereocenters. The van der Waals surface area contributed by atoms with E-state index in [1.165, 1.54) is 16.0 Å². The van der Waals surface area contributed by atoms with Crippen LogP contribution in [0.1, 0.15) is 13.8 Å². The molecule has 4 rings (SSSR count). The molecule has 4 unspecified atom stereocenters. The molecule has 0 aromatic heterocycles. The van der Waals surface area contributed by atoms with Gasteiger partial charge in [-0.3, -0.25) is 9.59 Å². The first-order valence-corrected chi connectivity index (χ1v) is 7.92. The average molecular weight is 309 g/mol. The molecule has 2 aliphatic carbocycles. The van der Waals surface area contributed by atoms with E-state index in [9.17, 15) is 9.59 Å². The summed E-state index contributed by atoms with van der Waals surface area (Å²) in [7, 11) is 1.55. The first-order valence-electron chi connectivity index (χ1n) is 7.92. The van der Waals surface area contributed by atoms with Crippen molar-refractivity contribution in [3.63, 3.8) is 0 Å². The molecular weight excluding hydrogens is 290 g/mol. The van der Waals surface area contributed by atoms with Crippen molar-refractivity contribution in [2.45, 2.75) is 13.8 Å². The maximum Gasteiger partial charge on any atom is 0.238 e. The van der Waals surface area contributed by atoms with Gasteiger partial charge < -0.3 is 4.74 Å². The van der Waals surface area contributed by atoms with Crippen LogP contribution in [0.15, 0.2) is 47.6 Å². The summed E-state index contributed by atoms with van der Waals surface area (Å²) in [6, 6.07) is 7.20. The van der Waals surface area contributed by atoms with Crippen LogP contribution < -0.4 is 9.64 Å². The van der Waals surface area contributed by atoms with Crippen LogP contribution in [0.4, 0.5) is 5.69 Å². The second-order valence-corrected chi connectivity index (χ2v) is 6.63. The minimum absolute atomic E-state index is 0.0751. The van der Waals surface area contributed by atoms with Crippen molar-refractivity contribution in [2.75, 3.05) is 12.0 Å². The molecular formula is C19H19NO3. The molecule has 0 radical (unpaired) electrons. The van der Waals surface area contributed by atoms with Crippen LogP contribution in [0.3, 0.4) is 0 Å². The maximum atomic E-state index is 13.0. The molecule has 4 heteroatoms. The normalized spacial score (nSPS) is 31.1. The van der Waals surface area contributed by atoms with Gasteiger partial charge in [0.25, 0.3) is 0 Å². The number of amides is 2. The summed E-state index contributed by atoms with van der Waals surface area (Å²) in [6.45, 7) is 4.13. The van der Waals surface area contributed by atoms with E-state index in [2.05, 4.69) is 26.0 Å². The summed E-state index contributed by atoms with van der Waals surface area (Å²) in [5.41, 5.74) is 3.04. The number of ether oxygens (including phenoxy) is 1. The van der Waals surface area contributed by atoms with Crippen LogP contribution in [0.25, 0.3) is 0 Å². The van der Waals surface area contributed by atoms with Gasteiger partial charge in [-0.1, -0.05) is 35.4 Å². The number of hydrogen-bond donors (Lipinski definition) is 0. The van der Waals surface area contributed by atoms with E-state index in [-0.39, 0.29) is 35.5 Å². The molecule has 4 nitrogen and oxygen atoms in total.